The van der Waals surface area contributed by atoms with Crippen molar-refractivity contribution < 1.29 is 9.47 Å². The van der Waals surface area contributed by atoms with E-state index in [-0.39, 0.29) is 24.0 Å². The highest BCUT2D eigenvalue weighted by Gasteiger charge is 2.04. The first-order valence-electron chi connectivity index (χ1n) is 9.01. The van der Waals surface area contributed by atoms with Gasteiger partial charge in [-0.15, -0.1) is 24.0 Å². The summed E-state index contributed by atoms with van der Waals surface area (Å²) in [7, 11) is 0. The van der Waals surface area contributed by atoms with Crippen molar-refractivity contribution in [2.24, 2.45) is 10.7 Å². The Kier molecular flexibility index (Phi) is 14.6. The number of ether oxygens (including phenoxy) is 2. The quantitative estimate of drug-likeness (QED) is 0.213. The normalized spacial score (nSPS) is 11.1. The molecule has 5 nitrogen and oxygen atoms in total. The number of halogens is 1. The van der Waals surface area contributed by atoms with Crippen LogP contribution in [0.4, 0.5) is 0 Å². The molecule has 0 unspecified atom stereocenters. The average Bonchev–Trinajstić information content (AvgIpc) is 2.58. The number of guanidine groups is 1. The van der Waals surface area contributed by atoms with Crippen molar-refractivity contribution in [1.82, 2.24) is 5.32 Å². The maximum absolute atomic E-state index is 5.93. The van der Waals surface area contributed by atoms with Crippen molar-refractivity contribution in [3.63, 3.8) is 0 Å². The molecule has 0 bridgehead atoms. The van der Waals surface area contributed by atoms with Crippen LogP contribution in [0.25, 0.3) is 0 Å². The molecule has 1 rings (SSSR count). The van der Waals surface area contributed by atoms with Crippen molar-refractivity contribution in [1.29, 1.82) is 0 Å². The van der Waals surface area contributed by atoms with E-state index in [0.29, 0.717) is 32.3 Å². The standard InChI is InChI=1S/C19H33N3O2.HI/c1-4-6-7-8-11-21-19(20)22-15-17-10-9-16(3)14-18(17)24-13-12-23-5-2;/h9-10,14H,4-8,11-13,15H2,1-3H3,(H3,20,21,22);1H. The Morgan fingerprint density at radius 3 is 2.68 bits per heavy atom. The average molecular weight is 463 g/mol. The highest BCUT2D eigenvalue weighted by molar-refractivity contribution is 14.0. The molecule has 1 aromatic rings. The van der Waals surface area contributed by atoms with E-state index in [2.05, 4.69) is 30.2 Å². The molecule has 3 N–H and O–H groups in total. The minimum atomic E-state index is 0. The Balaban J connectivity index is 0.00000576. The first-order valence-corrected chi connectivity index (χ1v) is 9.01. The minimum absolute atomic E-state index is 0. The van der Waals surface area contributed by atoms with Gasteiger partial charge in [0.25, 0.3) is 0 Å². The zero-order valence-corrected chi connectivity index (χ0v) is 18.2. The van der Waals surface area contributed by atoms with Gasteiger partial charge in [0.15, 0.2) is 5.96 Å². The van der Waals surface area contributed by atoms with E-state index in [1.807, 2.05) is 19.1 Å². The zero-order valence-electron chi connectivity index (χ0n) is 15.8. The maximum atomic E-state index is 5.93. The summed E-state index contributed by atoms with van der Waals surface area (Å²) < 4.78 is 11.1. The third-order valence-corrected chi connectivity index (χ3v) is 3.67. The number of nitrogens with zero attached hydrogens (tertiary/aromatic N) is 1. The smallest absolute Gasteiger partial charge is 0.188 e. The lowest BCUT2D eigenvalue weighted by atomic mass is 10.1. The van der Waals surface area contributed by atoms with Crippen LogP contribution in [-0.4, -0.2) is 32.3 Å². The van der Waals surface area contributed by atoms with E-state index in [1.165, 1.54) is 19.3 Å². The second-order valence-electron chi connectivity index (χ2n) is 5.85. The molecule has 0 aliphatic rings. The van der Waals surface area contributed by atoms with Crippen molar-refractivity contribution in [3.8, 4) is 5.75 Å². The molecule has 25 heavy (non-hydrogen) atoms. The summed E-state index contributed by atoms with van der Waals surface area (Å²) in [4.78, 5) is 4.42. The molecule has 0 aliphatic carbocycles. The maximum Gasteiger partial charge on any atom is 0.188 e. The molecule has 1 aromatic carbocycles. The topological polar surface area (TPSA) is 68.9 Å². The van der Waals surface area contributed by atoms with Gasteiger partial charge >= 0.3 is 0 Å². The molecular formula is C19H34IN3O2. The molecule has 0 fully saturated rings. The molecule has 0 saturated carbocycles. The van der Waals surface area contributed by atoms with Crippen LogP contribution in [0.2, 0.25) is 0 Å². The lowest BCUT2D eigenvalue weighted by Crippen LogP contribution is -2.32. The Labute approximate surface area is 169 Å². The van der Waals surface area contributed by atoms with Gasteiger partial charge < -0.3 is 20.5 Å². The Bertz CT molecular complexity index is 496. The Hall–Kier alpha value is -1.02. The van der Waals surface area contributed by atoms with Gasteiger partial charge in [-0.2, -0.15) is 0 Å². The minimum Gasteiger partial charge on any atom is -0.491 e. The molecule has 0 spiro atoms. The van der Waals surface area contributed by atoms with Gasteiger partial charge in [-0.1, -0.05) is 38.3 Å². The van der Waals surface area contributed by atoms with Gasteiger partial charge in [0.2, 0.25) is 0 Å². The largest absolute Gasteiger partial charge is 0.491 e. The first-order chi connectivity index (χ1) is 11.7. The summed E-state index contributed by atoms with van der Waals surface area (Å²) in [6.07, 6.45) is 4.86. The van der Waals surface area contributed by atoms with E-state index in [0.717, 1.165) is 29.8 Å². The predicted molar refractivity (Wildman–Crippen MR) is 116 cm³/mol. The van der Waals surface area contributed by atoms with Gasteiger partial charge in [-0.25, -0.2) is 4.99 Å². The van der Waals surface area contributed by atoms with E-state index in [9.17, 15) is 0 Å². The number of hydrogen-bond donors (Lipinski definition) is 2. The SMILES string of the molecule is CCCCCCNC(N)=NCc1ccc(C)cc1OCCOCC.I. The van der Waals surface area contributed by atoms with Gasteiger partial charge in [-0.05, 0) is 31.9 Å². The number of rotatable bonds is 12. The monoisotopic (exact) mass is 463 g/mol. The molecule has 0 aromatic heterocycles. The third kappa shape index (κ3) is 11.3. The van der Waals surface area contributed by atoms with Crippen molar-refractivity contribution in [2.45, 2.75) is 53.0 Å². The van der Waals surface area contributed by atoms with Crippen molar-refractivity contribution in [3.05, 3.63) is 29.3 Å². The molecule has 0 atom stereocenters. The molecule has 144 valence electrons. The van der Waals surface area contributed by atoms with Crippen LogP contribution in [0.3, 0.4) is 0 Å². The van der Waals surface area contributed by atoms with Gasteiger partial charge in [0.05, 0.1) is 13.2 Å². The number of hydrogen-bond acceptors (Lipinski definition) is 3. The summed E-state index contributed by atoms with van der Waals surface area (Å²) in [5.74, 6) is 1.35. The number of nitrogens with one attached hydrogen (secondary N) is 1. The van der Waals surface area contributed by atoms with E-state index in [4.69, 9.17) is 15.2 Å². The molecular weight excluding hydrogens is 429 g/mol. The molecule has 0 radical (unpaired) electrons. The fraction of sp³-hybridized carbons (Fsp3) is 0.632. The fourth-order valence-corrected chi connectivity index (χ4v) is 2.28. The highest BCUT2D eigenvalue weighted by Crippen LogP contribution is 2.21. The van der Waals surface area contributed by atoms with Crippen LogP contribution in [0.5, 0.6) is 5.75 Å². The number of aryl methyl sites for hydroxylation is 1. The van der Waals surface area contributed by atoms with Crippen LogP contribution >= 0.6 is 24.0 Å². The molecule has 0 saturated heterocycles. The van der Waals surface area contributed by atoms with E-state index >= 15 is 0 Å². The molecule has 6 heteroatoms. The lowest BCUT2D eigenvalue weighted by molar-refractivity contribution is 0.110. The molecule has 0 aliphatic heterocycles. The van der Waals surface area contributed by atoms with Crippen LogP contribution in [-0.2, 0) is 11.3 Å². The Morgan fingerprint density at radius 1 is 1.16 bits per heavy atom. The van der Waals surface area contributed by atoms with E-state index < -0.39 is 0 Å². The second-order valence-corrected chi connectivity index (χ2v) is 5.85. The third-order valence-electron chi connectivity index (χ3n) is 3.67. The fourth-order valence-electron chi connectivity index (χ4n) is 2.28. The molecule has 0 heterocycles. The highest BCUT2D eigenvalue weighted by atomic mass is 127. The van der Waals surface area contributed by atoms with E-state index in [1.54, 1.807) is 0 Å². The summed E-state index contributed by atoms with van der Waals surface area (Å²) in [5, 5.41) is 3.17. The van der Waals surface area contributed by atoms with Crippen molar-refractivity contribution in [2.75, 3.05) is 26.4 Å². The number of aliphatic imine (C=N–C) groups is 1. The van der Waals surface area contributed by atoms with Gasteiger partial charge in [-0.3, -0.25) is 0 Å². The second kappa shape index (κ2) is 15.3. The summed E-state index contributed by atoms with van der Waals surface area (Å²) >= 11 is 0. The zero-order chi connectivity index (χ0) is 17.6. The summed E-state index contributed by atoms with van der Waals surface area (Å²) in [6.45, 7) is 9.46. The Morgan fingerprint density at radius 2 is 1.96 bits per heavy atom. The summed E-state index contributed by atoms with van der Waals surface area (Å²) in [5.41, 5.74) is 8.13. The molecule has 0 amide bonds. The lowest BCUT2D eigenvalue weighted by Gasteiger charge is -2.12. The van der Waals surface area contributed by atoms with Crippen LogP contribution in [0, 0.1) is 6.92 Å². The first kappa shape index (κ1) is 24.0. The summed E-state index contributed by atoms with van der Waals surface area (Å²) in [6, 6.07) is 6.14. The van der Waals surface area contributed by atoms with Crippen molar-refractivity contribution >= 4 is 29.9 Å². The number of nitrogens with two attached hydrogens (primary N) is 1. The number of benzene rings is 1. The number of unbranched alkanes of at least 4 members (excludes halogenated alkanes) is 3. The van der Waals surface area contributed by atoms with Crippen LogP contribution in [0.1, 0.15) is 50.7 Å². The van der Waals surface area contributed by atoms with Gasteiger partial charge in [0.1, 0.15) is 12.4 Å². The van der Waals surface area contributed by atoms with Gasteiger partial charge in [0, 0.05) is 18.7 Å². The predicted octanol–water partition coefficient (Wildman–Crippen LogP) is 4.01. The van der Waals surface area contributed by atoms with Crippen LogP contribution < -0.4 is 15.8 Å². The van der Waals surface area contributed by atoms with Crippen LogP contribution in [0.15, 0.2) is 23.2 Å².